The Bertz CT molecular complexity index is 1350. The van der Waals surface area contributed by atoms with Crippen molar-refractivity contribution in [2.75, 3.05) is 18.4 Å². The van der Waals surface area contributed by atoms with Crippen LogP contribution in [-0.4, -0.2) is 39.5 Å². The third-order valence-corrected chi connectivity index (χ3v) is 6.43. The van der Waals surface area contributed by atoms with Crippen molar-refractivity contribution in [2.24, 2.45) is 0 Å². The van der Waals surface area contributed by atoms with Crippen LogP contribution in [0.15, 0.2) is 71.2 Å². The maximum absolute atomic E-state index is 13.1. The van der Waals surface area contributed by atoms with Gasteiger partial charge in [-0.25, -0.2) is 4.68 Å². The molecule has 1 aliphatic heterocycles. The van der Waals surface area contributed by atoms with Gasteiger partial charge in [-0.2, -0.15) is 5.10 Å². The van der Waals surface area contributed by atoms with Crippen LogP contribution >= 0.6 is 15.9 Å². The normalized spacial score (nSPS) is 13.5. The molecule has 5 rings (SSSR count). The molecule has 0 saturated carbocycles. The highest BCUT2D eigenvalue weighted by molar-refractivity contribution is 9.10. The predicted octanol–water partition coefficient (Wildman–Crippen LogP) is 5.77. The summed E-state index contributed by atoms with van der Waals surface area (Å²) in [7, 11) is 0. The van der Waals surface area contributed by atoms with Crippen LogP contribution in [0.1, 0.15) is 34.6 Å². The molecule has 1 aliphatic rings. The Hall–Kier alpha value is -3.45. The number of aryl methyl sites for hydroxylation is 1. The first kappa shape index (κ1) is 21.4. The maximum atomic E-state index is 13.1. The molecule has 0 radical (unpaired) electrons. The minimum atomic E-state index is -0.228. The third-order valence-electron chi connectivity index (χ3n) is 5.93. The van der Waals surface area contributed by atoms with Crippen LogP contribution in [0.5, 0.6) is 0 Å². The van der Waals surface area contributed by atoms with Crippen LogP contribution < -0.4 is 5.32 Å². The molecule has 2 N–H and O–H groups in total. The molecular formula is C26H24BrN5O. The molecule has 6 nitrogen and oxygen atoms in total. The summed E-state index contributed by atoms with van der Waals surface area (Å²) in [5.74, 6) is 0.316. The summed E-state index contributed by atoms with van der Waals surface area (Å²) in [6, 6.07) is 21.4. The number of carbonyl (C=O) groups excluding carboxylic acids is 1. The molecule has 0 bridgehead atoms. The van der Waals surface area contributed by atoms with Crippen molar-refractivity contribution >= 4 is 44.1 Å². The zero-order valence-electron chi connectivity index (χ0n) is 18.3. The summed E-state index contributed by atoms with van der Waals surface area (Å²) in [5, 5.41) is 18.1. The fraction of sp³-hybridized carbons (Fsp3) is 0.192. The fourth-order valence-electron chi connectivity index (χ4n) is 4.22. The number of nitrogens with zero attached hydrogens (tertiary/aromatic N) is 3. The molecule has 1 amide bonds. The van der Waals surface area contributed by atoms with Crippen LogP contribution in [0.3, 0.4) is 0 Å². The topological polar surface area (TPSA) is 74.0 Å². The van der Waals surface area contributed by atoms with E-state index in [2.05, 4.69) is 37.3 Å². The summed E-state index contributed by atoms with van der Waals surface area (Å²) < 4.78 is 2.71. The van der Waals surface area contributed by atoms with E-state index in [1.807, 2.05) is 61.5 Å². The molecule has 0 atom stereocenters. The van der Waals surface area contributed by atoms with E-state index in [0.29, 0.717) is 17.2 Å². The second kappa shape index (κ2) is 8.83. The number of benzene rings is 3. The lowest BCUT2D eigenvalue weighted by atomic mass is 10.1. The van der Waals surface area contributed by atoms with Gasteiger partial charge in [0.05, 0.1) is 11.4 Å². The van der Waals surface area contributed by atoms with Crippen molar-refractivity contribution in [3.63, 3.8) is 0 Å². The summed E-state index contributed by atoms with van der Waals surface area (Å²) >= 11 is 3.51. The summed E-state index contributed by atoms with van der Waals surface area (Å²) in [5.41, 5.74) is 3.62. The van der Waals surface area contributed by atoms with Crippen molar-refractivity contribution in [3.8, 4) is 5.69 Å². The summed E-state index contributed by atoms with van der Waals surface area (Å²) in [4.78, 5) is 15.2. The predicted molar refractivity (Wildman–Crippen MR) is 136 cm³/mol. The van der Waals surface area contributed by atoms with Crippen molar-refractivity contribution in [1.29, 1.82) is 5.41 Å². The van der Waals surface area contributed by atoms with Crippen molar-refractivity contribution < 1.29 is 4.79 Å². The van der Waals surface area contributed by atoms with Crippen molar-refractivity contribution in [3.05, 3.63) is 88.2 Å². The first-order valence-corrected chi connectivity index (χ1v) is 11.8. The SMILES string of the molecule is Cc1cc(C(=O)Nc2ccc(C(=N)N3CCCC3)cc2)n(-c2ccc3cc(Br)ccc3c2)n1. The van der Waals surface area contributed by atoms with Gasteiger partial charge in [0.2, 0.25) is 0 Å². The fourth-order valence-corrected chi connectivity index (χ4v) is 4.60. The monoisotopic (exact) mass is 501 g/mol. The van der Waals surface area contributed by atoms with Crippen molar-refractivity contribution in [1.82, 2.24) is 14.7 Å². The van der Waals surface area contributed by atoms with Crippen LogP contribution in [0.25, 0.3) is 16.5 Å². The number of hydrogen-bond acceptors (Lipinski definition) is 3. The number of fused-ring (bicyclic) bond motifs is 1. The Morgan fingerprint density at radius 1 is 0.970 bits per heavy atom. The van der Waals surface area contributed by atoms with Crippen molar-refractivity contribution in [2.45, 2.75) is 19.8 Å². The highest BCUT2D eigenvalue weighted by Gasteiger charge is 2.18. The van der Waals surface area contributed by atoms with E-state index in [1.54, 1.807) is 10.7 Å². The lowest BCUT2D eigenvalue weighted by molar-refractivity contribution is 0.101. The third kappa shape index (κ3) is 4.41. The van der Waals surface area contributed by atoms with Gasteiger partial charge >= 0.3 is 0 Å². The number of rotatable bonds is 4. The number of likely N-dealkylation sites (tertiary alicyclic amines) is 1. The Balaban J connectivity index is 1.37. The first-order valence-electron chi connectivity index (χ1n) is 11.0. The van der Waals surface area contributed by atoms with Gasteiger partial charge in [0.25, 0.3) is 5.91 Å². The molecule has 166 valence electrons. The van der Waals surface area contributed by atoms with Crippen LogP contribution in [0.4, 0.5) is 5.69 Å². The van der Waals surface area contributed by atoms with E-state index in [1.165, 1.54) is 0 Å². The maximum Gasteiger partial charge on any atom is 0.274 e. The van der Waals surface area contributed by atoms with Gasteiger partial charge in [0.15, 0.2) is 0 Å². The lowest BCUT2D eigenvalue weighted by Crippen LogP contribution is -2.27. The minimum absolute atomic E-state index is 0.228. The molecule has 4 aromatic rings. The average Bonchev–Trinajstić information content (AvgIpc) is 3.49. The van der Waals surface area contributed by atoms with Crippen LogP contribution in [0, 0.1) is 12.3 Å². The molecule has 0 unspecified atom stereocenters. The molecule has 2 heterocycles. The highest BCUT2D eigenvalue weighted by Crippen LogP contribution is 2.24. The average molecular weight is 502 g/mol. The van der Waals surface area contributed by atoms with E-state index < -0.39 is 0 Å². The molecule has 0 aliphatic carbocycles. The van der Waals surface area contributed by atoms with Gasteiger partial charge in [-0.05, 0) is 85.1 Å². The molecule has 1 saturated heterocycles. The van der Waals surface area contributed by atoms with E-state index in [4.69, 9.17) is 5.41 Å². The van der Waals surface area contributed by atoms with Gasteiger partial charge in [-0.1, -0.05) is 28.1 Å². The number of carbonyl (C=O) groups is 1. The number of hydrogen-bond donors (Lipinski definition) is 2. The van der Waals surface area contributed by atoms with Crippen LogP contribution in [-0.2, 0) is 0 Å². The zero-order valence-corrected chi connectivity index (χ0v) is 19.9. The molecule has 1 fully saturated rings. The standard InChI is InChI=1S/C26H24BrN5O/c1-17-14-24(32(30-17)23-11-7-19-15-21(27)8-4-20(19)16-23)26(33)29-22-9-5-18(6-10-22)25(28)31-12-2-3-13-31/h4-11,14-16,28H,2-3,12-13H2,1H3,(H,29,33). The Kier molecular flexibility index (Phi) is 5.72. The second-order valence-electron chi connectivity index (χ2n) is 8.33. The Morgan fingerprint density at radius 3 is 2.42 bits per heavy atom. The number of halogens is 1. The van der Waals surface area contributed by atoms with Crippen LogP contribution in [0.2, 0.25) is 0 Å². The van der Waals surface area contributed by atoms with E-state index >= 15 is 0 Å². The number of nitrogens with one attached hydrogen (secondary N) is 2. The van der Waals surface area contributed by atoms with E-state index in [0.717, 1.165) is 58.1 Å². The first-order chi connectivity index (χ1) is 16.0. The highest BCUT2D eigenvalue weighted by atomic mass is 79.9. The van der Waals surface area contributed by atoms with E-state index in [-0.39, 0.29) is 5.91 Å². The van der Waals surface area contributed by atoms with Gasteiger partial charge in [-0.15, -0.1) is 0 Å². The quantitative estimate of drug-likeness (QED) is 0.275. The second-order valence-corrected chi connectivity index (χ2v) is 9.25. The number of aromatic nitrogens is 2. The molecular weight excluding hydrogens is 478 g/mol. The smallest absolute Gasteiger partial charge is 0.274 e. The van der Waals surface area contributed by atoms with Gasteiger partial charge in [-0.3, -0.25) is 10.2 Å². The number of amidine groups is 1. The summed E-state index contributed by atoms with van der Waals surface area (Å²) in [6.45, 7) is 3.75. The van der Waals surface area contributed by atoms with Gasteiger partial charge in [0, 0.05) is 28.8 Å². The molecule has 1 aromatic heterocycles. The lowest BCUT2D eigenvalue weighted by Gasteiger charge is -2.18. The Morgan fingerprint density at radius 2 is 1.67 bits per heavy atom. The molecule has 3 aromatic carbocycles. The molecule has 0 spiro atoms. The van der Waals surface area contributed by atoms with Gasteiger partial charge in [0.1, 0.15) is 11.5 Å². The Labute approximate surface area is 200 Å². The minimum Gasteiger partial charge on any atom is -0.357 e. The molecule has 33 heavy (non-hydrogen) atoms. The van der Waals surface area contributed by atoms with Gasteiger partial charge < -0.3 is 10.2 Å². The van der Waals surface area contributed by atoms with E-state index in [9.17, 15) is 4.79 Å². The number of amides is 1. The largest absolute Gasteiger partial charge is 0.357 e. The molecule has 7 heteroatoms. The summed E-state index contributed by atoms with van der Waals surface area (Å²) in [6.07, 6.45) is 2.27. The zero-order chi connectivity index (χ0) is 22.9. The number of anilines is 1.